The molecule has 146 valence electrons. The fourth-order valence-corrected chi connectivity index (χ4v) is 3.03. The molecule has 1 amide bonds. The summed E-state index contributed by atoms with van der Waals surface area (Å²) in [6.45, 7) is 1.40. The molecule has 28 heavy (non-hydrogen) atoms. The van der Waals surface area contributed by atoms with Crippen molar-refractivity contribution in [3.05, 3.63) is 59.4 Å². The van der Waals surface area contributed by atoms with Crippen molar-refractivity contribution in [1.82, 2.24) is 0 Å². The summed E-state index contributed by atoms with van der Waals surface area (Å²) in [6, 6.07) is 11.8. The van der Waals surface area contributed by atoms with Crippen LogP contribution in [0.1, 0.15) is 35.0 Å². The van der Waals surface area contributed by atoms with Gasteiger partial charge in [-0.1, -0.05) is 12.1 Å². The number of aliphatic hydroxyl groups is 2. The van der Waals surface area contributed by atoms with Crippen LogP contribution in [-0.2, 0) is 11.2 Å². The summed E-state index contributed by atoms with van der Waals surface area (Å²) in [4.78, 5) is 24.4. The van der Waals surface area contributed by atoms with Crippen LogP contribution >= 0.6 is 0 Å². The third-order valence-electron chi connectivity index (χ3n) is 4.30. The number of carbonyl (C=O) groups is 2. The first kappa shape index (κ1) is 19.6. The van der Waals surface area contributed by atoms with E-state index in [9.17, 15) is 19.8 Å². The molecule has 0 bridgehead atoms. The van der Waals surface area contributed by atoms with Gasteiger partial charge in [-0.2, -0.15) is 0 Å². The number of carbonyl (C=O) groups excluding carboxylic acids is 2. The van der Waals surface area contributed by atoms with Crippen LogP contribution in [0, 0.1) is 0 Å². The Balaban J connectivity index is 2.08. The SMILES string of the molecule is COc1cccc(C(=O)c2oc3cc(NC(C)=O)ccc3c2CCC(O)O)c1. The maximum atomic E-state index is 13.1. The number of hydrogen-bond acceptors (Lipinski definition) is 6. The van der Waals surface area contributed by atoms with Gasteiger partial charge < -0.3 is 24.7 Å². The number of aryl methyl sites for hydroxylation is 1. The third kappa shape index (κ3) is 4.21. The zero-order chi connectivity index (χ0) is 20.3. The predicted molar refractivity (Wildman–Crippen MR) is 103 cm³/mol. The largest absolute Gasteiger partial charge is 0.497 e. The number of anilines is 1. The predicted octanol–water partition coefficient (Wildman–Crippen LogP) is 2.87. The first-order valence-electron chi connectivity index (χ1n) is 8.77. The van der Waals surface area contributed by atoms with Gasteiger partial charge >= 0.3 is 0 Å². The molecule has 1 aromatic heterocycles. The molecule has 3 rings (SSSR count). The topological polar surface area (TPSA) is 109 Å². The molecule has 0 aliphatic rings. The van der Waals surface area contributed by atoms with Crippen molar-refractivity contribution in [2.24, 2.45) is 0 Å². The highest BCUT2D eigenvalue weighted by atomic mass is 16.5. The van der Waals surface area contributed by atoms with Crippen LogP contribution in [0.3, 0.4) is 0 Å². The molecular formula is C21H21NO6. The molecular weight excluding hydrogens is 362 g/mol. The molecule has 0 saturated carbocycles. The lowest BCUT2D eigenvalue weighted by atomic mass is 10.00. The molecule has 0 spiro atoms. The number of aliphatic hydroxyl groups excluding tert-OH is 1. The Bertz CT molecular complexity index is 1020. The molecule has 3 aromatic rings. The lowest BCUT2D eigenvalue weighted by Crippen LogP contribution is -2.08. The Morgan fingerprint density at radius 1 is 1.18 bits per heavy atom. The molecule has 0 fully saturated rings. The number of rotatable bonds is 7. The number of benzene rings is 2. The Kier molecular flexibility index (Phi) is 5.77. The van der Waals surface area contributed by atoms with Gasteiger partial charge in [0.2, 0.25) is 11.7 Å². The Labute approximate surface area is 161 Å². The highest BCUT2D eigenvalue weighted by Gasteiger charge is 2.23. The van der Waals surface area contributed by atoms with E-state index in [2.05, 4.69) is 5.32 Å². The van der Waals surface area contributed by atoms with Gasteiger partial charge in [-0.05, 0) is 30.7 Å². The minimum absolute atomic E-state index is 0.0560. The van der Waals surface area contributed by atoms with Crippen LogP contribution in [0.4, 0.5) is 5.69 Å². The quantitative estimate of drug-likeness (QED) is 0.428. The van der Waals surface area contributed by atoms with E-state index in [0.717, 1.165) is 0 Å². The average molecular weight is 383 g/mol. The minimum Gasteiger partial charge on any atom is -0.497 e. The van der Waals surface area contributed by atoms with Crippen LogP contribution in [0.15, 0.2) is 46.9 Å². The highest BCUT2D eigenvalue weighted by molar-refractivity contribution is 6.11. The van der Waals surface area contributed by atoms with E-state index in [1.807, 2.05) is 0 Å². The van der Waals surface area contributed by atoms with Crippen molar-refractivity contribution >= 4 is 28.3 Å². The fraction of sp³-hybridized carbons (Fsp3) is 0.238. The summed E-state index contributed by atoms with van der Waals surface area (Å²) in [5.41, 5.74) is 1.96. The van der Waals surface area contributed by atoms with Gasteiger partial charge in [-0.25, -0.2) is 0 Å². The van der Waals surface area contributed by atoms with Crippen LogP contribution in [0.2, 0.25) is 0 Å². The number of ether oxygens (including phenoxy) is 1. The zero-order valence-electron chi connectivity index (χ0n) is 15.6. The monoisotopic (exact) mass is 383 g/mol. The molecule has 3 N–H and O–H groups in total. The van der Waals surface area contributed by atoms with Gasteiger partial charge in [0.15, 0.2) is 12.1 Å². The average Bonchev–Trinajstić information content (AvgIpc) is 3.03. The molecule has 1 heterocycles. The van der Waals surface area contributed by atoms with E-state index in [-0.39, 0.29) is 30.3 Å². The van der Waals surface area contributed by atoms with Gasteiger partial charge in [-0.3, -0.25) is 9.59 Å². The van der Waals surface area contributed by atoms with Crippen LogP contribution in [-0.4, -0.2) is 35.3 Å². The van der Waals surface area contributed by atoms with Gasteiger partial charge in [0, 0.05) is 41.6 Å². The van der Waals surface area contributed by atoms with Crippen molar-refractivity contribution in [2.75, 3.05) is 12.4 Å². The molecule has 0 radical (unpaired) electrons. The smallest absolute Gasteiger partial charge is 0.228 e. The standard InChI is InChI=1S/C21H21NO6/c1-12(23)22-14-6-7-16-17(8-9-19(24)25)21(28-18(16)11-14)20(26)13-4-3-5-15(10-13)27-2/h3-7,10-11,19,24-25H,8-9H2,1-2H3,(H,22,23). The van der Waals surface area contributed by atoms with Gasteiger partial charge in [0.1, 0.15) is 11.3 Å². The number of ketones is 1. The van der Waals surface area contributed by atoms with E-state index in [1.54, 1.807) is 42.5 Å². The lowest BCUT2D eigenvalue weighted by Gasteiger charge is -2.06. The van der Waals surface area contributed by atoms with Gasteiger partial charge in [0.25, 0.3) is 0 Å². The van der Waals surface area contributed by atoms with Crippen molar-refractivity contribution < 1.29 is 29.0 Å². The molecule has 0 aliphatic carbocycles. The fourth-order valence-electron chi connectivity index (χ4n) is 3.03. The van der Waals surface area contributed by atoms with Gasteiger partial charge in [0.05, 0.1) is 7.11 Å². The normalized spacial score (nSPS) is 11.0. The summed E-state index contributed by atoms with van der Waals surface area (Å²) in [6.07, 6.45) is -1.20. The van der Waals surface area contributed by atoms with Crippen molar-refractivity contribution in [2.45, 2.75) is 26.1 Å². The number of nitrogens with one attached hydrogen (secondary N) is 1. The first-order valence-corrected chi connectivity index (χ1v) is 8.77. The van der Waals surface area contributed by atoms with E-state index in [1.165, 1.54) is 14.0 Å². The number of hydrogen-bond donors (Lipinski definition) is 3. The van der Waals surface area contributed by atoms with Crippen molar-refractivity contribution in [3.63, 3.8) is 0 Å². The second-order valence-corrected chi connectivity index (χ2v) is 6.38. The highest BCUT2D eigenvalue weighted by Crippen LogP contribution is 2.31. The minimum atomic E-state index is -1.50. The second-order valence-electron chi connectivity index (χ2n) is 6.38. The summed E-state index contributed by atoms with van der Waals surface area (Å²) in [5, 5.41) is 21.9. The molecule has 7 heteroatoms. The van der Waals surface area contributed by atoms with Crippen molar-refractivity contribution in [1.29, 1.82) is 0 Å². The Morgan fingerprint density at radius 3 is 2.64 bits per heavy atom. The van der Waals surface area contributed by atoms with E-state index < -0.39 is 6.29 Å². The molecule has 7 nitrogen and oxygen atoms in total. The van der Waals surface area contributed by atoms with Crippen LogP contribution < -0.4 is 10.1 Å². The summed E-state index contributed by atoms with van der Waals surface area (Å²) >= 11 is 0. The van der Waals surface area contributed by atoms with Crippen molar-refractivity contribution in [3.8, 4) is 5.75 Å². The number of furan rings is 1. The second kappa shape index (κ2) is 8.24. The maximum absolute atomic E-state index is 13.1. The van der Waals surface area contributed by atoms with E-state index in [4.69, 9.17) is 9.15 Å². The molecule has 0 saturated heterocycles. The first-order chi connectivity index (χ1) is 13.4. The van der Waals surface area contributed by atoms with Crippen LogP contribution in [0.25, 0.3) is 11.0 Å². The number of methoxy groups -OCH3 is 1. The van der Waals surface area contributed by atoms with Gasteiger partial charge in [-0.15, -0.1) is 0 Å². The number of amides is 1. The van der Waals surface area contributed by atoms with Crippen LogP contribution in [0.5, 0.6) is 5.75 Å². The Hall–Kier alpha value is -3.16. The molecule has 2 aromatic carbocycles. The molecule has 0 atom stereocenters. The third-order valence-corrected chi connectivity index (χ3v) is 4.30. The maximum Gasteiger partial charge on any atom is 0.228 e. The lowest BCUT2D eigenvalue weighted by molar-refractivity contribution is -0.114. The molecule has 0 unspecified atom stereocenters. The summed E-state index contributed by atoms with van der Waals surface area (Å²) in [7, 11) is 1.52. The van der Waals surface area contributed by atoms with E-state index in [0.29, 0.717) is 33.5 Å². The Morgan fingerprint density at radius 2 is 1.96 bits per heavy atom. The summed E-state index contributed by atoms with van der Waals surface area (Å²) < 4.78 is 11.0. The molecule has 0 aliphatic heterocycles. The van der Waals surface area contributed by atoms with E-state index >= 15 is 0 Å². The summed E-state index contributed by atoms with van der Waals surface area (Å²) in [5.74, 6) is 0.118. The zero-order valence-corrected chi connectivity index (χ0v) is 15.6. The number of fused-ring (bicyclic) bond motifs is 1.